The molecule has 2 saturated heterocycles. The molecule has 2 saturated carbocycles. The van der Waals surface area contributed by atoms with Gasteiger partial charge >= 0.3 is 11.9 Å². The van der Waals surface area contributed by atoms with Crippen LogP contribution in [0.3, 0.4) is 0 Å². The monoisotopic (exact) mass is 708 g/mol. The van der Waals surface area contributed by atoms with Crippen LogP contribution in [0.2, 0.25) is 0 Å². The molecule has 51 heavy (non-hydrogen) atoms. The largest absolute Gasteiger partial charge is 0.491 e. The van der Waals surface area contributed by atoms with E-state index in [2.05, 4.69) is 38.1 Å². The molecular formula is C41H56O10. The Hall–Kier alpha value is -3.18. The maximum absolute atomic E-state index is 12.6. The molecule has 0 bridgehead atoms. The smallest absolute Gasteiger partial charge is 0.309 e. The normalized spacial score (nSPS) is 22.1. The molecule has 4 unspecified atom stereocenters. The molecule has 0 amide bonds. The van der Waals surface area contributed by atoms with Crippen molar-refractivity contribution in [3.8, 4) is 11.5 Å². The van der Waals surface area contributed by atoms with Crippen LogP contribution in [0.4, 0.5) is 0 Å². The summed E-state index contributed by atoms with van der Waals surface area (Å²) in [5.41, 5.74) is 2.00. The van der Waals surface area contributed by atoms with E-state index in [1.165, 1.54) is 12.8 Å². The summed E-state index contributed by atoms with van der Waals surface area (Å²) < 4.78 is 46.2. The van der Waals surface area contributed by atoms with Gasteiger partial charge in [0.15, 0.2) is 0 Å². The number of rotatable bonds is 20. The van der Waals surface area contributed by atoms with Crippen molar-refractivity contribution >= 4 is 11.9 Å². The highest BCUT2D eigenvalue weighted by Gasteiger charge is 2.29. The number of hydrogen-bond acceptors (Lipinski definition) is 10. The predicted molar refractivity (Wildman–Crippen MR) is 190 cm³/mol. The molecule has 6 rings (SSSR count). The highest BCUT2D eigenvalue weighted by molar-refractivity contribution is 5.72. The van der Waals surface area contributed by atoms with Crippen molar-refractivity contribution < 1.29 is 47.5 Å². The SMILES string of the molecule is CC(C)(c1ccc(OCC(COC(=O)C2CCCCC2)OCC2CO2)cc1)c1ccc(OCC(COC(=O)C2CCCCC2)OCC2CO2)cc1. The number of esters is 2. The molecule has 4 fully saturated rings. The number of carbonyl (C=O) groups excluding carboxylic acids is 2. The fourth-order valence-electron chi connectivity index (χ4n) is 6.85. The lowest BCUT2D eigenvalue weighted by Gasteiger charge is -2.27. The van der Waals surface area contributed by atoms with Crippen LogP contribution in [0.5, 0.6) is 11.5 Å². The van der Waals surface area contributed by atoms with E-state index < -0.39 is 0 Å². The van der Waals surface area contributed by atoms with Crippen molar-refractivity contribution in [2.45, 2.75) is 108 Å². The van der Waals surface area contributed by atoms with Crippen LogP contribution in [-0.2, 0) is 43.4 Å². The average Bonchev–Trinajstić information content (AvgIpc) is 4.12. The molecule has 10 nitrogen and oxygen atoms in total. The highest BCUT2D eigenvalue weighted by Crippen LogP contribution is 2.34. The van der Waals surface area contributed by atoms with E-state index in [-0.39, 0.29) is 80.0 Å². The summed E-state index contributed by atoms with van der Waals surface area (Å²) in [6.07, 6.45) is 9.85. The van der Waals surface area contributed by atoms with Gasteiger partial charge in [-0.2, -0.15) is 0 Å². The third kappa shape index (κ3) is 11.9. The summed E-state index contributed by atoms with van der Waals surface area (Å²) in [5, 5.41) is 0. The lowest BCUT2D eigenvalue weighted by Crippen LogP contribution is -2.32. The van der Waals surface area contributed by atoms with Gasteiger partial charge in [0.1, 0.15) is 62.3 Å². The van der Waals surface area contributed by atoms with Crippen LogP contribution >= 0.6 is 0 Å². The Morgan fingerprint density at radius 1 is 0.608 bits per heavy atom. The third-order valence-electron chi connectivity index (χ3n) is 10.6. The minimum atomic E-state index is -0.371. The van der Waals surface area contributed by atoms with Gasteiger partial charge in [-0.3, -0.25) is 9.59 Å². The minimum Gasteiger partial charge on any atom is -0.491 e. The third-order valence-corrected chi connectivity index (χ3v) is 10.6. The van der Waals surface area contributed by atoms with Gasteiger partial charge in [-0.05, 0) is 61.1 Å². The number of hydrogen-bond donors (Lipinski definition) is 0. The molecular weight excluding hydrogens is 652 g/mol. The van der Waals surface area contributed by atoms with Gasteiger partial charge in [0.05, 0.1) is 38.3 Å². The Morgan fingerprint density at radius 3 is 1.33 bits per heavy atom. The van der Waals surface area contributed by atoms with Gasteiger partial charge in [-0.25, -0.2) is 0 Å². The molecule has 2 aromatic rings. The first-order chi connectivity index (χ1) is 24.8. The zero-order chi connectivity index (χ0) is 35.5. The van der Waals surface area contributed by atoms with Gasteiger partial charge < -0.3 is 37.9 Å². The molecule has 2 aliphatic heterocycles. The first-order valence-electron chi connectivity index (χ1n) is 19.1. The van der Waals surface area contributed by atoms with E-state index in [0.717, 1.165) is 74.0 Å². The van der Waals surface area contributed by atoms with E-state index in [1.54, 1.807) is 0 Å². The molecule has 2 aromatic carbocycles. The highest BCUT2D eigenvalue weighted by atomic mass is 16.6. The second kappa shape index (κ2) is 18.5. The van der Waals surface area contributed by atoms with Crippen LogP contribution in [0, 0.1) is 11.8 Å². The first kappa shape index (κ1) is 37.6. The fraction of sp³-hybridized carbons (Fsp3) is 0.659. The lowest BCUT2D eigenvalue weighted by molar-refractivity contribution is -0.155. The summed E-state index contributed by atoms with van der Waals surface area (Å²) in [6, 6.07) is 16.2. The van der Waals surface area contributed by atoms with E-state index in [9.17, 15) is 9.59 Å². The molecule has 4 atom stereocenters. The quantitative estimate of drug-likeness (QED) is 0.110. The van der Waals surface area contributed by atoms with Crippen LogP contribution in [0.1, 0.15) is 89.2 Å². The second-order valence-corrected chi connectivity index (χ2v) is 15.0. The van der Waals surface area contributed by atoms with E-state index in [1.807, 2.05) is 24.3 Å². The fourth-order valence-corrected chi connectivity index (χ4v) is 6.85. The van der Waals surface area contributed by atoms with Crippen LogP contribution < -0.4 is 9.47 Å². The summed E-state index contributed by atoms with van der Waals surface area (Å²) >= 11 is 0. The van der Waals surface area contributed by atoms with E-state index in [0.29, 0.717) is 26.4 Å². The summed E-state index contributed by atoms with van der Waals surface area (Å²) in [7, 11) is 0. The first-order valence-corrected chi connectivity index (χ1v) is 19.1. The number of carbonyl (C=O) groups is 2. The average molecular weight is 709 g/mol. The van der Waals surface area contributed by atoms with Gasteiger partial charge in [0.25, 0.3) is 0 Å². The van der Waals surface area contributed by atoms with Crippen molar-refractivity contribution in [1.82, 2.24) is 0 Å². The summed E-state index contributed by atoms with van der Waals surface area (Å²) in [4.78, 5) is 25.2. The Labute approximate surface area is 302 Å². The maximum atomic E-state index is 12.6. The molecule has 0 spiro atoms. The van der Waals surface area contributed by atoms with Crippen molar-refractivity contribution in [1.29, 1.82) is 0 Å². The molecule has 10 heteroatoms. The topological polar surface area (TPSA) is 115 Å². The van der Waals surface area contributed by atoms with Crippen LogP contribution in [0.25, 0.3) is 0 Å². The summed E-state index contributed by atoms with van der Waals surface area (Å²) in [6.45, 7) is 7.60. The van der Waals surface area contributed by atoms with E-state index >= 15 is 0 Å². The van der Waals surface area contributed by atoms with Crippen molar-refractivity contribution in [2.75, 3.05) is 52.9 Å². The van der Waals surface area contributed by atoms with E-state index in [4.69, 9.17) is 37.9 Å². The number of benzene rings is 2. The number of ether oxygens (including phenoxy) is 8. The molecule has 280 valence electrons. The lowest BCUT2D eigenvalue weighted by atomic mass is 9.78. The Morgan fingerprint density at radius 2 is 0.980 bits per heavy atom. The van der Waals surface area contributed by atoms with Crippen molar-refractivity contribution in [3.05, 3.63) is 59.7 Å². The number of epoxide rings is 2. The molecule has 0 N–H and O–H groups in total. The standard InChI is InChI=1S/C41H56O10/c1-41(2,31-13-17-33(18-14-31)44-21-37(48-25-35-23-46-35)27-50-39(42)29-9-5-3-6-10-29)32-15-19-34(20-16-32)45-22-38(49-26-36-24-47-36)28-51-40(43)30-11-7-4-8-12-30/h13-20,29-30,35-38H,3-12,21-28H2,1-2H3. The Kier molecular flexibility index (Phi) is 13.7. The summed E-state index contributed by atoms with van der Waals surface area (Å²) in [5.74, 6) is 1.20. The molecule has 2 aliphatic carbocycles. The zero-order valence-corrected chi connectivity index (χ0v) is 30.4. The maximum Gasteiger partial charge on any atom is 0.309 e. The van der Waals surface area contributed by atoms with Crippen molar-refractivity contribution in [3.63, 3.8) is 0 Å². The molecule has 4 aliphatic rings. The van der Waals surface area contributed by atoms with Gasteiger partial charge in [0, 0.05) is 5.41 Å². The van der Waals surface area contributed by atoms with Gasteiger partial charge in [0.2, 0.25) is 0 Å². The predicted octanol–water partition coefficient (Wildman–Crippen LogP) is 6.59. The van der Waals surface area contributed by atoms with Crippen molar-refractivity contribution in [2.24, 2.45) is 11.8 Å². The van der Waals surface area contributed by atoms with Crippen LogP contribution in [0.15, 0.2) is 48.5 Å². The molecule has 2 heterocycles. The Bertz CT molecular complexity index is 1250. The van der Waals surface area contributed by atoms with Gasteiger partial charge in [-0.15, -0.1) is 0 Å². The van der Waals surface area contributed by atoms with Crippen LogP contribution in [-0.4, -0.2) is 89.2 Å². The second-order valence-electron chi connectivity index (χ2n) is 15.0. The molecule has 0 radical (unpaired) electrons. The zero-order valence-electron chi connectivity index (χ0n) is 30.4. The minimum absolute atomic E-state index is 0.000192. The van der Waals surface area contributed by atoms with Gasteiger partial charge in [-0.1, -0.05) is 76.6 Å². The Balaban J connectivity index is 0.975. The molecule has 0 aromatic heterocycles.